The zero-order valence-corrected chi connectivity index (χ0v) is 16.8. The SMILES string of the molecule is COc1ccc([C@H]2C[C@]3(C)[C@@H](O)CC[C@H]3[C@@H]3CCc4cc(O)ccc4[C@H]32)cc1. The highest BCUT2D eigenvalue weighted by atomic mass is 16.5. The van der Waals surface area contributed by atoms with Crippen LogP contribution in [0.4, 0.5) is 0 Å². The molecule has 0 spiro atoms. The molecule has 3 aliphatic carbocycles. The van der Waals surface area contributed by atoms with E-state index >= 15 is 0 Å². The van der Waals surface area contributed by atoms with Crippen molar-refractivity contribution in [2.75, 3.05) is 7.11 Å². The van der Waals surface area contributed by atoms with Crippen LogP contribution in [0.3, 0.4) is 0 Å². The third-order valence-electron chi connectivity index (χ3n) is 8.21. The number of phenols is 1. The maximum Gasteiger partial charge on any atom is 0.118 e. The lowest BCUT2D eigenvalue weighted by molar-refractivity contribution is -0.0322. The van der Waals surface area contributed by atoms with Crippen molar-refractivity contribution in [3.05, 3.63) is 59.2 Å². The molecule has 6 atom stereocenters. The van der Waals surface area contributed by atoms with Crippen molar-refractivity contribution in [3.63, 3.8) is 0 Å². The number of phenolic OH excluding ortho intramolecular Hbond substituents is 1. The lowest BCUT2D eigenvalue weighted by atomic mass is 9.51. The summed E-state index contributed by atoms with van der Waals surface area (Å²) in [6.45, 7) is 2.33. The molecular formula is C25H30O3. The van der Waals surface area contributed by atoms with E-state index in [-0.39, 0.29) is 11.5 Å². The van der Waals surface area contributed by atoms with Crippen LogP contribution in [0, 0.1) is 17.3 Å². The molecule has 148 valence electrons. The van der Waals surface area contributed by atoms with Gasteiger partial charge in [-0.1, -0.05) is 25.1 Å². The van der Waals surface area contributed by atoms with Gasteiger partial charge in [0.2, 0.25) is 0 Å². The summed E-state index contributed by atoms with van der Waals surface area (Å²) < 4.78 is 5.37. The van der Waals surface area contributed by atoms with Crippen molar-refractivity contribution in [2.24, 2.45) is 17.3 Å². The standard InChI is InChI=1S/C25H30O3/c1-25-14-21(15-3-7-18(28-2)8-4-15)24-19-10-6-17(26)13-16(19)5-9-20(24)22(25)11-12-23(25)27/h3-4,6-8,10,13,20-24,26-27H,5,9,11-12,14H2,1-2H3/t20-,21+,22-,23-,24+,25-/m0/s1. The van der Waals surface area contributed by atoms with Gasteiger partial charge >= 0.3 is 0 Å². The normalized spacial score (nSPS) is 36.3. The molecule has 0 heterocycles. The van der Waals surface area contributed by atoms with Gasteiger partial charge in [-0.15, -0.1) is 0 Å². The highest BCUT2D eigenvalue weighted by Crippen LogP contribution is 2.65. The first kappa shape index (κ1) is 18.1. The molecule has 0 saturated heterocycles. The Hall–Kier alpha value is -2.00. The fraction of sp³-hybridized carbons (Fsp3) is 0.520. The molecule has 0 aliphatic heterocycles. The van der Waals surface area contributed by atoms with Gasteiger partial charge in [0.1, 0.15) is 11.5 Å². The first-order valence-electron chi connectivity index (χ1n) is 10.6. The zero-order valence-electron chi connectivity index (χ0n) is 16.8. The summed E-state index contributed by atoms with van der Waals surface area (Å²) in [5, 5.41) is 20.9. The molecule has 0 unspecified atom stereocenters. The molecule has 2 N–H and O–H groups in total. The van der Waals surface area contributed by atoms with E-state index in [0.717, 1.165) is 37.9 Å². The molecule has 0 amide bonds. The van der Waals surface area contributed by atoms with E-state index in [0.29, 0.717) is 29.4 Å². The average molecular weight is 379 g/mol. The minimum Gasteiger partial charge on any atom is -0.508 e. The van der Waals surface area contributed by atoms with Gasteiger partial charge in [-0.25, -0.2) is 0 Å². The van der Waals surface area contributed by atoms with E-state index < -0.39 is 0 Å². The topological polar surface area (TPSA) is 49.7 Å². The number of benzene rings is 2. The number of aromatic hydroxyl groups is 1. The summed E-state index contributed by atoms with van der Waals surface area (Å²) in [4.78, 5) is 0. The molecule has 3 nitrogen and oxygen atoms in total. The first-order chi connectivity index (χ1) is 13.5. The highest BCUT2D eigenvalue weighted by molar-refractivity contribution is 5.43. The summed E-state index contributed by atoms with van der Waals surface area (Å²) in [5.41, 5.74) is 4.07. The molecule has 5 rings (SSSR count). The minimum atomic E-state index is -0.194. The molecule has 3 heteroatoms. The van der Waals surface area contributed by atoms with E-state index in [4.69, 9.17) is 4.74 Å². The summed E-state index contributed by atoms with van der Waals surface area (Å²) in [7, 11) is 1.70. The molecule has 2 aromatic rings. The Labute approximate surface area is 167 Å². The molecule has 2 fully saturated rings. The number of fused-ring (bicyclic) bond motifs is 5. The van der Waals surface area contributed by atoms with Crippen LogP contribution in [0.5, 0.6) is 11.5 Å². The summed E-state index contributed by atoms with van der Waals surface area (Å²) in [6, 6.07) is 14.5. The van der Waals surface area contributed by atoms with Crippen molar-refractivity contribution < 1.29 is 14.9 Å². The third kappa shape index (κ3) is 2.59. The smallest absolute Gasteiger partial charge is 0.118 e. The van der Waals surface area contributed by atoms with E-state index in [9.17, 15) is 10.2 Å². The Morgan fingerprint density at radius 1 is 1.04 bits per heavy atom. The summed E-state index contributed by atoms with van der Waals surface area (Å²) in [5.74, 6) is 3.28. The quantitative estimate of drug-likeness (QED) is 0.772. The molecule has 2 aromatic carbocycles. The number of ether oxygens (including phenoxy) is 1. The maximum atomic E-state index is 10.9. The van der Waals surface area contributed by atoms with Crippen LogP contribution in [-0.2, 0) is 6.42 Å². The molecule has 0 aromatic heterocycles. The number of aliphatic hydroxyl groups excluding tert-OH is 1. The fourth-order valence-corrected chi connectivity index (χ4v) is 6.84. The predicted octanol–water partition coefficient (Wildman–Crippen LogP) is 5.01. The van der Waals surface area contributed by atoms with Gasteiger partial charge in [0.05, 0.1) is 13.2 Å². The molecule has 28 heavy (non-hydrogen) atoms. The molecular weight excluding hydrogens is 348 g/mol. The summed E-state index contributed by atoms with van der Waals surface area (Å²) in [6.07, 6.45) is 5.08. The Morgan fingerprint density at radius 3 is 2.57 bits per heavy atom. The third-order valence-corrected chi connectivity index (χ3v) is 8.21. The second-order valence-corrected chi connectivity index (χ2v) is 9.40. The van der Waals surface area contributed by atoms with Crippen LogP contribution in [0.25, 0.3) is 0 Å². The molecule has 0 radical (unpaired) electrons. The van der Waals surface area contributed by atoms with Crippen molar-refractivity contribution in [1.82, 2.24) is 0 Å². The van der Waals surface area contributed by atoms with E-state index in [1.54, 1.807) is 7.11 Å². The lowest BCUT2D eigenvalue weighted by Gasteiger charge is -2.54. The van der Waals surface area contributed by atoms with Crippen molar-refractivity contribution in [3.8, 4) is 11.5 Å². The van der Waals surface area contributed by atoms with Crippen molar-refractivity contribution in [1.29, 1.82) is 0 Å². The highest BCUT2D eigenvalue weighted by Gasteiger charge is 2.57. The van der Waals surface area contributed by atoms with Gasteiger partial charge < -0.3 is 14.9 Å². The number of rotatable bonds is 2. The number of hydrogen-bond donors (Lipinski definition) is 2. The van der Waals surface area contributed by atoms with Crippen molar-refractivity contribution >= 4 is 0 Å². The summed E-state index contributed by atoms with van der Waals surface area (Å²) >= 11 is 0. The lowest BCUT2D eigenvalue weighted by Crippen LogP contribution is -2.47. The van der Waals surface area contributed by atoms with Gasteiger partial charge in [-0.05, 0) is 102 Å². The maximum absolute atomic E-state index is 10.9. The van der Waals surface area contributed by atoms with Gasteiger partial charge in [0.15, 0.2) is 0 Å². The Kier molecular flexibility index (Phi) is 4.20. The number of methoxy groups -OCH3 is 1. The van der Waals surface area contributed by atoms with Gasteiger partial charge in [0.25, 0.3) is 0 Å². The minimum absolute atomic E-state index is 0.000182. The van der Waals surface area contributed by atoms with Crippen LogP contribution >= 0.6 is 0 Å². The van der Waals surface area contributed by atoms with Gasteiger partial charge in [-0.2, -0.15) is 0 Å². The van der Waals surface area contributed by atoms with Crippen LogP contribution in [-0.4, -0.2) is 23.4 Å². The fourth-order valence-electron chi connectivity index (χ4n) is 6.84. The Morgan fingerprint density at radius 2 is 1.82 bits per heavy atom. The van der Waals surface area contributed by atoms with Crippen LogP contribution in [0.2, 0.25) is 0 Å². The zero-order chi connectivity index (χ0) is 19.5. The molecule has 0 bridgehead atoms. The molecule has 2 saturated carbocycles. The second kappa shape index (κ2) is 6.52. The monoisotopic (exact) mass is 378 g/mol. The number of aryl methyl sites for hydroxylation is 1. The van der Waals surface area contributed by atoms with Crippen molar-refractivity contribution in [2.45, 2.75) is 57.0 Å². The van der Waals surface area contributed by atoms with E-state index in [1.165, 1.54) is 16.7 Å². The van der Waals surface area contributed by atoms with Crippen LogP contribution in [0.1, 0.15) is 61.1 Å². The molecule has 3 aliphatic rings. The average Bonchev–Trinajstić information content (AvgIpc) is 3.01. The largest absolute Gasteiger partial charge is 0.508 e. The van der Waals surface area contributed by atoms with Gasteiger partial charge in [0, 0.05) is 0 Å². The predicted molar refractivity (Wildman–Crippen MR) is 110 cm³/mol. The first-order valence-corrected chi connectivity index (χ1v) is 10.6. The van der Waals surface area contributed by atoms with E-state index in [1.807, 2.05) is 12.1 Å². The Bertz CT molecular complexity index is 874. The van der Waals surface area contributed by atoms with Gasteiger partial charge in [-0.3, -0.25) is 0 Å². The second-order valence-electron chi connectivity index (χ2n) is 9.40. The van der Waals surface area contributed by atoms with Crippen LogP contribution < -0.4 is 4.74 Å². The van der Waals surface area contributed by atoms with E-state index in [2.05, 4.69) is 37.3 Å². The Balaban J connectivity index is 1.63. The number of aliphatic hydroxyl groups is 1. The van der Waals surface area contributed by atoms with Crippen LogP contribution in [0.15, 0.2) is 42.5 Å². The number of hydrogen-bond acceptors (Lipinski definition) is 3.